The average molecular weight is 417 g/mol. The maximum Gasteiger partial charge on any atom is 0.303 e. The lowest BCUT2D eigenvalue weighted by atomic mass is 9.89. The van der Waals surface area contributed by atoms with Crippen LogP contribution in [0.5, 0.6) is 0 Å². The summed E-state index contributed by atoms with van der Waals surface area (Å²) in [4.78, 5) is 10.5. The fraction of sp³-hybridized carbons (Fsp3) is 0.560. The van der Waals surface area contributed by atoms with Crippen LogP contribution in [-0.4, -0.2) is 39.7 Å². The van der Waals surface area contributed by atoms with E-state index in [9.17, 15) is 19.4 Å². The summed E-state index contributed by atoms with van der Waals surface area (Å²) in [5.41, 5.74) is 2.62. The van der Waals surface area contributed by atoms with E-state index in [1.165, 1.54) is 11.1 Å². The van der Waals surface area contributed by atoms with Gasteiger partial charge in [0.15, 0.2) is 0 Å². The molecule has 2 aliphatic carbocycles. The molecule has 4 nitrogen and oxygen atoms in total. The Kier molecular flexibility index (Phi) is 8.23. The minimum atomic E-state index is -1.07. The zero-order chi connectivity index (χ0) is 21.5. The van der Waals surface area contributed by atoms with Crippen LogP contribution >= 0.6 is 0 Å². The molecule has 0 aliphatic heterocycles. The lowest BCUT2D eigenvalue weighted by molar-refractivity contribution is -0.137. The first-order chi connectivity index (χ1) is 14.5. The summed E-state index contributed by atoms with van der Waals surface area (Å²) in [6.45, 7) is 0. The number of hydrogen-bond acceptors (Lipinski definition) is 3. The third-order valence-electron chi connectivity index (χ3n) is 6.57. The molecule has 0 unspecified atom stereocenters. The van der Waals surface area contributed by atoms with E-state index in [1.807, 2.05) is 36.4 Å². The molecule has 1 saturated carbocycles. The van der Waals surface area contributed by atoms with Gasteiger partial charge in [0.2, 0.25) is 0 Å². The van der Waals surface area contributed by atoms with Gasteiger partial charge >= 0.3 is 5.97 Å². The molecule has 30 heavy (non-hydrogen) atoms. The van der Waals surface area contributed by atoms with Crippen LogP contribution in [0.4, 0.5) is 4.39 Å². The second kappa shape index (κ2) is 10.9. The van der Waals surface area contributed by atoms with Crippen molar-refractivity contribution >= 4 is 5.97 Å². The second-order valence-electron chi connectivity index (χ2n) is 8.72. The molecule has 0 bridgehead atoms. The molecule has 164 valence electrons. The fourth-order valence-electron chi connectivity index (χ4n) is 4.84. The highest BCUT2D eigenvalue weighted by Crippen LogP contribution is 2.38. The normalized spacial score (nSPS) is 27.8. The Morgan fingerprint density at radius 1 is 1.17 bits per heavy atom. The largest absolute Gasteiger partial charge is 0.481 e. The Balaban J connectivity index is 1.47. The van der Waals surface area contributed by atoms with Crippen molar-refractivity contribution in [2.75, 3.05) is 0 Å². The number of halogens is 1. The Morgan fingerprint density at radius 2 is 1.87 bits per heavy atom. The number of aliphatic hydroxyl groups excluding tert-OH is 2. The third-order valence-corrected chi connectivity index (χ3v) is 6.57. The maximum absolute atomic E-state index is 14.4. The summed E-state index contributed by atoms with van der Waals surface area (Å²) in [5.74, 6) is -1.13. The molecular formula is C25H33FO4. The van der Waals surface area contributed by atoms with Gasteiger partial charge in [0.25, 0.3) is 0 Å². The van der Waals surface area contributed by atoms with Gasteiger partial charge in [-0.25, -0.2) is 4.39 Å². The first-order valence-electron chi connectivity index (χ1n) is 11.1. The molecule has 0 spiro atoms. The molecular weight excluding hydrogens is 383 g/mol. The Hall–Kier alpha value is -1.98. The predicted octanol–water partition coefficient (Wildman–Crippen LogP) is 4.24. The lowest BCUT2D eigenvalue weighted by Crippen LogP contribution is -2.21. The number of aliphatic hydroxyl groups is 2. The number of rotatable bonds is 10. The molecule has 0 amide bonds. The zero-order valence-corrected chi connectivity index (χ0v) is 17.4. The topological polar surface area (TPSA) is 77.8 Å². The number of carboxylic acid groups (broad SMARTS) is 1. The fourth-order valence-corrected chi connectivity index (χ4v) is 4.84. The van der Waals surface area contributed by atoms with E-state index in [2.05, 4.69) is 12.1 Å². The molecule has 0 aromatic heterocycles. The van der Waals surface area contributed by atoms with Crippen molar-refractivity contribution in [3.05, 3.63) is 59.7 Å². The molecule has 0 saturated heterocycles. The number of hydrogen-bond donors (Lipinski definition) is 3. The number of fused-ring (bicyclic) bond motifs is 1. The van der Waals surface area contributed by atoms with Gasteiger partial charge < -0.3 is 15.3 Å². The summed E-state index contributed by atoms with van der Waals surface area (Å²) in [5, 5.41) is 29.5. The summed E-state index contributed by atoms with van der Waals surface area (Å²) in [6, 6.07) is 8.29. The Labute approximate surface area is 178 Å². The first kappa shape index (κ1) is 22.7. The molecule has 1 fully saturated rings. The van der Waals surface area contributed by atoms with Crippen molar-refractivity contribution in [2.45, 2.75) is 69.7 Å². The monoisotopic (exact) mass is 416 g/mol. The highest BCUT2D eigenvalue weighted by Gasteiger charge is 2.40. The summed E-state index contributed by atoms with van der Waals surface area (Å²) in [6.07, 6.45) is 9.75. The highest BCUT2D eigenvalue weighted by molar-refractivity contribution is 5.66. The summed E-state index contributed by atoms with van der Waals surface area (Å²) < 4.78 is 14.4. The smallest absolute Gasteiger partial charge is 0.303 e. The number of unbranched alkanes of at least 4 members (excludes halogenated alkanes) is 1. The van der Waals surface area contributed by atoms with Gasteiger partial charge in [0, 0.05) is 18.8 Å². The maximum atomic E-state index is 14.4. The Bertz CT molecular complexity index is 734. The van der Waals surface area contributed by atoms with Crippen LogP contribution in [0.3, 0.4) is 0 Å². The van der Waals surface area contributed by atoms with Gasteiger partial charge in [-0.2, -0.15) is 0 Å². The van der Waals surface area contributed by atoms with E-state index in [0.29, 0.717) is 25.7 Å². The quantitative estimate of drug-likeness (QED) is 0.394. The van der Waals surface area contributed by atoms with Crippen molar-refractivity contribution in [1.82, 2.24) is 0 Å². The van der Waals surface area contributed by atoms with Crippen molar-refractivity contribution in [3.63, 3.8) is 0 Å². The molecule has 3 N–H and O–H groups in total. The van der Waals surface area contributed by atoms with Crippen molar-refractivity contribution in [1.29, 1.82) is 0 Å². The highest BCUT2D eigenvalue weighted by atomic mass is 19.1. The summed E-state index contributed by atoms with van der Waals surface area (Å²) in [7, 11) is 0. The molecule has 1 aromatic carbocycles. The van der Waals surface area contributed by atoms with Gasteiger partial charge in [-0.15, -0.1) is 0 Å². The van der Waals surface area contributed by atoms with E-state index in [4.69, 9.17) is 5.11 Å². The van der Waals surface area contributed by atoms with E-state index < -0.39 is 24.3 Å². The van der Waals surface area contributed by atoms with Gasteiger partial charge in [0.1, 0.15) is 6.17 Å². The zero-order valence-electron chi connectivity index (χ0n) is 17.4. The molecule has 5 heteroatoms. The molecule has 1 aromatic rings. The molecule has 2 aliphatic rings. The van der Waals surface area contributed by atoms with Gasteiger partial charge in [-0.3, -0.25) is 4.79 Å². The van der Waals surface area contributed by atoms with Gasteiger partial charge in [-0.1, -0.05) is 48.6 Å². The van der Waals surface area contributed by atoms with E-state index in [1.54, 1.807) is 0 Å². The van der Waals surface area contributed by atoms with Crippen LogP contribution in [0.2, 0.25) is 0 Å². The second-order valence-corrected chi connectivity index (χ2v) is 8.72. The molecule has 3 rings (SSSR count). The number of carbonyl (C=O) groups is 1. The molecule has 0 heterocycles. The van der Waals surface area contributed by atoms with Crippen molar-refractivity contribution < 1.29 is 24.5 Å². The number of allylic oxidation sites excluding steroid dienone is 3. The van der Waals surface area contributed by atoms with E-state index in [0.717, 1.165) is 12.8 Å². The van der Waals surface area contributed by atoms with Crippen LogP contribution < -0.4 is 0 Å². The van der Waals surface area contributed by atoms with Crippen LogP contribution in [0, 0.1) is 17.8 Å². The number of aliphatic carboxylic acids is 1. The minimum Gasteiger partial charge on any atom is -0.481 e. The van der Waals surface area contributed by atoms with Crippen molar-refractivity contribution in [2.24, 2.45) is 17.8 Å². The third kappa shape index (κ3) is 6.02. The van der Waals surface area contributed by atoms with Crippen molar-refractivity contribution in [3.8, 4) is 0 Å². The lowest BCUT2D eigenvalue weighted by Gasteiger charge is -2.19. The van der Waals surface area contributed by atoms with Crippen LogP contribution in [0.1, 0.15) is 49.7 Å². The average Bonchev–Trinajstić information content (AvgIpc) is 3.25. The van der Waals surface area contributed by atoms with Gasteiger partial charge in [0.05, 0.1) is 12.2 Å². The minimum absolute atomic E-state index is 0.142. The molecule has 5 atom stereocenters. The first-order valence-corrected chi connectivity index (χ1v) is 11.1. The Morgan fingerprint density at radius 3 is 2.53 bits per heavy atom. The SMILES string of the molecule is O=C(O)CCC/C=C/C[C@@H]1[C@@H](/C=C/C[C@H](O)C2Cc3ccccc3C2)[C@@H](F)C[C@@H]1O. The van der Waals surface area contributed by atoms with Gasteiger partial charge in [-0.05, 0) is 61.5 Å². The van der Waals surface area contributed by atoms with Crippen LogP contribution in [0.15, 0.2) is 48.6 Å². The van der Waals surface area contributed by atoms with E-state index >= 15 is 0 Å². The number of alkyl halides is 1. The number of benzene rings is 1. The molecule has 0 radical (unpaired) electrons. The van der Waals surface area contributed by atoms with Crippen LogP contribution in [0.25, 0.3) is 0 Å². The summed E-state index contributed by atoms with van der Waals surface area (Å²) >= 11 is 0. The predicted molar refractivity (Wildman–Crippen MR) is 115 cm³/mol. The van der Waals surface area contributed by atoms with E-state index in [-0.39, 0.29) is 30.6 Å². The van der Waals surface area contributed by atoms with Crippen LogP contribution in [-0.2, 0) is 17.6 Å². The number of carboxylic acids is 1. The standard InChI is InChI=1S/C25H33FO4/c26-22-16-24(28)21(10-3-1-2-4-13-25(29)30)20(22)11-7-12-23(27)19-14-17-8-5-6-9-18(17)15-19/h1,3,5-9,11,19-24,27-28H,2,4,10,12-16H2,(H,29,30)/b3-1+,11-7+/t20-,21-,22+,23+,24+/m1/s1.